The lowest BCUT2D eigenvalue weighted by Crippen LogP contribution is -2.32. The van der Waals surface area contributed by atoms with E-state index < -0.39 is 5.97 Å². The first-order valence-corrected chi connectivity index (χ1v) is 7.51. The van der Waals surface area contributed by atoms with E-state index in [1.807, 2.05) is 43.5 Å². The van der Waals surface area contributed by atoms with Gasteiger partial charge in [0.15, 0.2) is 0 Å². The predicted octanol–water partition coefficient (Wildman–Crippen LogP) is 3.49. The Morgan fingerprint density at radius 3 is 2.52 bits per heavy atom. The zero-order valence-corrected chi connectivity index (χ0v) is 12.8. The summed E-state index contributed by atoms with van der Waals surface area (Å²) in [4.78, 5) is 25.5. The van der Waals surface area contributed by atoms with E-state index in [1.54, 1.807) is 6.07 Å². The number of hydrogen-bond donors (Lipinski definition) is 1. The number of anilines is 1. The molecule has 1 aromatic carbocycles. The van der Waals surface area contributed by atoms with Crippen molar-refractivity contribution in [2.75, 3.05) is 11.4 Å². The van der Waals surface area contributed by atoms with Crippen LogP contribution in [-0.2, 0) is 4.79 Å². The Morgan fingerprint density at radius 2 is 1.95 bits per heavy atom. The van der Waals surface area contributed by atoms with Crippen molar-refractivity contribution in [3.05, 3.63) is 51.7 Å². The van der Waals surface area contributed by atoms with Crippen molar-refractivity contribution >= 4 is 28.9 Å². The van der Waals surface area contributed by atoms with E-state index in [1.165, 1.54) is 16.2 Å². The van der Waals surface area contributed by atoms with Gasteiger partial charge in [-0.1, -0.05) is 12.1 Å². The lowest BCUT2D eigenvalue weighted by molar-refractivity contribution is -0.136. The van der Waals surface area contributed by atoms with Gasteiger partial charge in [0, 0.05) is 12.2 Å². The Kier molecular flexibility index (Phi) is 4.75. The van der Waals surface area contributed by atoms with Crippen LogP contribution in [0.3, 0.4) is 0 Å². The molecule has 0 fully saturated rings. The van der Waals surface area contributed by atoms with Gasteiger partial charge in [0.05, 0.1) is 11.3 Å². The number of benzene rings is 1. The molecule has 0 aliphatic rings. The lowest BCUT2D eigenvalue weighted by atomic mass is 10.1. The Morgan fingerprint density at radius 1 is 1.19 bits per heavy atom. The van der Waals surface area contributed by atoms with Crippen molar-refractivity contribution in [1.82, 2.24) is 0 Å². The van der Waals surface area contributed by atoms with Crippen LogP contribution in [0.25, 0.3) is 0 Å². The molecule has 0 atom stereocenters. The third-order valence-electron chi connectivity index (χ3n) is 3.33. The van der Waals surface area contributed by atoms with E-state index >= 15 is 0 Å². The van der Waals surface area contributed by atoms with Crippen LogP contribution >= 0.6 is 11.3 Å². The summed E-state index contributed by atoms with van der Waals surface area (Å²) in [6.07, 6.45) is -0.0793. The largest absolute Gasteiger partial charge is 0.481 e. The van der Waals surface area contributed by atoms with Crippen LogP contribution in [0, 0.1) is 13.8 Å². The number of thiophene rings is 1. The average Bonchev–Trinajstić information content (AvgIpc) is 2.96. The van der Waals surface area contributed by atoms with Gasteiger partial charge >= 0.3 is 5.97 Å². The summed E-state index contributed by atoms with van der Waals surface area (Å²) in [5, 5.41) is 10.7. The quantitative estimate of drug-likeness (QED) is 0.920. The van der Waals surface area contributed by atoms with Crippen LogP contribution in [-0.4, -0.2) is 23.5 Å². The topological polar surface area (TPSA) is 57.6 Å². The number of nitrogens with zero attached hydrogens (tertiary/aromatic N) is 1. The number of carbonyl (C=O) groups excluding carboxylic acids is 1. The monoisotopic (exact) mass is 303 g/mol. The molecule has 1 N–H and O–H groups in total. The molecule has 0 saturated carbocycles. The van der Waals surface area contributed by atoms with Gasteiger partial charge in [-0.3, -0.25) is 9.59 Å². The maximum atomic E-state index is 12.6. The maximum absolute atomic E-state index is 12.6. The first-order valence-electron chi connectivity index (χ1n) is 6.63. The molecule has 0 spiro atoms. The summed E-state index contributed by atoms with van der Waals surface area (Å²) in [5.74, 6) is -1.07. The van der Waals surface area contributed by atoms with Gasteiger partial charge in [0.1, 0.15) is 0 Å². The summed E-state index contributed by atoms with van der Waals surface area (Å²) in [5.41, 5.74) is 2.95. The molecule has 0 aliphatic heterocycles. The molecule has 5 heteroatoms. The minimum absolute atomic E-state index is 0.0793. The highest BCUT2D eigenvalue weighted by Gasteiger charge is 2.19. The van der Waals surface area contributed by atoms with E-state index in [2.05, 4.69) is 0 Å². The highest BCUT2D eigenvalue weighted by molar-refractivity contribution is 7.12. The highest BCUT2D eigenvalue weighted by atomic mass is 32.1. The van der Waals surface area contributed by atoms with Crippen molar-refractivity contribution in [3.8, 4) is 0 Å². The minimum atomic E-state index is -0.914. The number of carbonyl (C=O) groups is 2. The molecule has 21 heavy (non-hydrogen) atoms. The molecule has 2 aromatic rings. The van der Waals surface area contributed by atoms with Crippen LogP contribution < -0.4 is 4.90 Å². The van der Waals surface area contributed by atoms with Crippen LogP contribution in [0.1, 0.15) is 27.2 Å². The second-order valence-electron chi connectivity index (χ2n) is 4.85. The number of carboxylic acids is 1. The van der Waals surface area contributed by atoms with Gasteiger partial charge in [-0.25, -0.2) is 0 Å². The zero-order chi connectivity index (χ0) is 15.4. The average molecular weight is 303 g/mol. The van der Waals surface area contributed by atoms with E-state index in [9.17, 15) is 9.59 Å². The summed E-state index contributed by atoms with van der Waals surface area (Å²) >= 11 is 1.36. The van der Waals surface area contributed by atoms with E-state index in [4.69, 9.17) is 5.11 Å². The number of rotatable bonds is 5. The highest BCUT2D eigenvalue weighted by Crippen LogP contribution is 2.22. The maximum Gasteiger partial charge on any atom is 0.305 e. The van der Waals surface area contributed by atoms with Gasteiger partial charge in [-0.2, -0.15) is 0 Å². The van der Waals surface area contributed by atoms with Crippen LogP contribution in [0.15, 0.2) is 35.7 Å². The summed E-state index contributed by atoms with van der Waals surface area (Å²) in [6, 6.07) is 9.29. The fraction of sp³-hybridized carbons (Fsp3) is 0.250. The normalized spacial score (nSPS) is 10.4. The fourth-order valence-corrected chi connectivity index (χ4v) is 2.65. The van der Waals surface area contributed by atoms with Gasteiger partial charge in [0.2, 0.25) is 0 Å². The van der Waals surface area contributed by atoms with Crippen LogP contribution in [0.2, 0.25) is 0 Å². The van der Waals surface area contributed by atoms with Crippen molar-refractivity contribution < 1.29 is 14.7 Å². The third kappa shape index (κ3) is 3.70. The van der Waals surface area contributed by atoms with Gasteiger partial charge in [-0.05, 0) is 48.6 Å². The predicted molar refractivity (Wildman–Crippen MR) is 84.2 cm³/mol. The molecule has 0 saturated heterocycles. The molecule has 0 radical (unpaired) electrons. The summed E-state index contributed by atoms with van der Waals surface area (Å²) < 4.78 is 0. The number of hydrogen-bond acceptors (Lipinski definition) is 3. The number of aryl methyl sites for hydroxylation is 2. The third-order valence-corrected chi connectivity index (χ3v) is 4.19. The molecule has 2 rings (SSSR count). The van der Waals surface area contributed by atoms with Crippen molar-refractivity contribution in [1.29, 1.82) is 0 Å². The Labute approximate surface area is 127 Å². The zero-order valence-electron chi connectivity index (χ0n) is 12.0. The molecular formula is C16H17NO3S. The van der Waals surface area contributed by atoms with Crippen LogP contribution in [0.5, 0.6) is 0 Å². The second kappa shape index (κ2) is 6.54. The first kappa shape index (κ1) is 15.3. The Hall–Kier alpha value is -2.14. The molecule has 1 aromatic heterocycles. The molecule has 0 unspecified atom stereocenters. The number of carboxylic acid groups (broad SMARTS) is 1. The van der Waals surface area contributed by atoms with E-state index in [0.717, 1.165) is 16.8 Å². The van der Waals surface area contributed by atoms with Gasteiger partial charge in [-0.15, -0.1) is 11.3 Å². The molecule has 0 aliphatic carbocycles. The summed E-state index contributed by atoms with van der Waals surface area (Å²) in [7, 11) is 0. The Balaban J connectivity index is 2.32. The van der Waals surface area contributed by atoms with Gasteiger partial charge in [0.25, 0.3) is 5.91 Å². The lowest BCUT2D eigenvalue weighted by Gasteiger charge is -2.22. The molecule has 4 nitrogen and oxygen atoms in total. The molecular weight excluding hydrogens is 286 g/mol. The molecule has 1 amide bonds. The number of amides is 1. The molecule has 0 bridgehead atoms. The van der Waals surface area contributed by atoms with E-state index in [-0.39, 0.29) is 18.9 Å². The van der Waals surface area contributed by atoms with Crippen molar-refractivity contribution in [2.24, 2.45) is 0 Å². The summed E-state index contributed by atoms with van der Waals surface area (Å²) in [6.45, 7) is 4.14. The smallest absolute Gasteiger partial charge is 0.305 e. The number of aliphatic carboxylic acids is 1. The van der Waals surface area contributed by atoms with Crippen molar-refractivity contribution in [3.63, 3.8) is 0 Å². The van der Waals surface area contributed by atoms with Crippen molar-refractivity contribution in [2.45, 2.75) is 20.3 Å². The minimum Gasteiger partial charge on any atom is -0.481 e. The fourth-order valence-electron chi connectivity index (χ4n) is 1.98. The Bertz CT molecular complexity index is 650. The van der Waals surface area contributed by atoms with Crippen LogP contribution in [0.4, 0.5) is 5.69 Å². The standard InChI is InChI=1S/C16H17NO3S/c1-11-5-6-13(10-12(11)2)17(8-7-15(18)19)16(20)14-4-3-9-21-14/h3-6,9-10H,7-8H2,1-2H3,(H,18,19). The SMILES string of the molecule is Cc1ccc(N(CCC(=O)O)C(=O)c2cccs2)cc1C. The van der Waals surface area contributed by atoms with E-state index in [0.29, 0.717) is 4.88 Å². The van der Waals surface area contributed by atoms with Gasteiger partial charge < -0.3 is 10.0 Å². The first-order chi connectivity index (χ1) is 9.99. The second-order valence-corrected chi connectivity index (χ2v) is 5.79. The molecule has 110 valence electrons. The molecule has 1 heterocycles.